The highest BCUT2D eigenvalue weighted by Gasteiger charge is 2.12. The number of thioether (sulfide) groups is 1. The second-order valence-electron chi connectivity index (χ2n) is 3.88. The normalized spacial score (nSPS) is 10.3. The van der Waals surface area contributed by atoms with Crippen LogP contribution >= 0.6 is 23.1 Å². The predicted molar refractivity (Wildman–Crippen MR) is 83.3 cm³/mol. The first-order valence-electron chi connectivity index (χ1n) is 5.88. The van der Waals surface area contributed by atoms with Gasteiger partial charge in [-0.3, -0.25) is 4.79 Å². The maximum atomic E-state index is 11.2. The van der Waals surface area contributed by atoms with Gasteiger partial charge in [-0.05, 0) is 24.3 Å². The number of benzene rings is 1. The highest BCUT2D eigenvalue weighted by Crippen LogP contribution is 2.35. The lowest BCUT2D eigenvalue weighted by Crippen LogP contribution is -2.19. The fraction of sp³-hybridized carbons (Fsp3) is 0.231. The Balaban J connectivity index is 2.15. The number of carbonyl (C=O) groups excluding carboxylic acids is 1. The second kappa shape index (κ2) is 6.62. The van der Waals surface area contributed by atoms with Crippen LogP contribution in [0, 0.1) is 0 Å². The molecule has 0 atom stereocenters. The van der Waals surface area contributed by atoms with E-state index >= 15 is 0 Å². The summed E-state index contributed by atoms with van der Waals surface area (Å²) in [5.41, 5.74) is 7.68. The van der Waals surface area contributed by atoms with Crippen LogP contribution in [0.25, 0.3) is 11.3 Å². The maximum absolute atomic E-state index is 11.2. The molecule has 5 nitrogen and oxygen atoms in total. The van der Waals surface area contributed by atoms with E-state index in [-0.39, 0.29) is 5.91 Å². The van der Waals surface area contributed by atoms with Gasteiger partial charge in [-0.1, -0.05) is 23.1 Å². The van der Waals surface area contributed by atoms with Gasteiger partial charge in [0.15, 0.2) is 4.34 Å². The van der Waals surface area contributed by atoms with Crippen molar-refractivity contribution in [2.24, 2.45) is 0 Å². The largest absolute Gasteiger partial charge is 0.497 e. The van der Waals surface area contributed by atoms with E-state index in [2.05, 4.69) is 10.3 Å². The molecule has 0 unspecified atom stereocenters. The average Bonchev–Trinajstić information content (AvgIpc) is 2.86. The molecule has 0 aliphatic heterocycles. The molecule has 106 valence electrons. The number of nitrogens with two attached hydrogens (primary N) is 1. The first kappa shape index (κ1) is 14.7. The number of carbonyl (C=O) groups is 1. The van der Waals surface area contributed by atoms with Gasteiger partial charge in [-0.15, -0.1) is 0 Å². The number of hydrogen-bond acceptors (Lipinski definition) is 6. The van der Waals surface area contributed by atoms with Gasteiger partial charge in [0.05, 0.1) is 12.9 Å². The molecule has 0 bridgehead atoms. The van der Waals surface area contributed by atoms with Crippen molar-refractivity contribution in [2.45, 2.75) is 4.34 Å². The van der Waals surface area contributed by atoms with Crippen LogP contribution in [-0.4, -0.2) is 30.8 Å². The minimum absolute atomic E-state index is 0.0326. The van der Waals surface area contributed by atoms with E-state index in [4.69, 9.17) is 10.5 Å². The minimum atomic E-state index is -0.0326. The van der Waals surface area contributed by atoms with Crippen molar-refractivity contribution in [3.63, 3.8) is 0 Å². The second-order valence-corrected chi connectivity index (χ2v) is 6.14. The number of rotatable bonds is 5. The highest BCUT2D eigenvalue weighted by atomic mass is 32.2. The lowest BCUT2D eigenvalue weighted by Gasteiger charge is -2.01. The molecule has 3 N–H and O–H groups in total. The van der Waals surface area contributed by atoms with E-state index < -0.39 is 0 Å². The van der Waals surface area contributed by atoms with E-state index in [9.17, 15) is 4.79 Å². The smallest absolute Gasteiger partial charge is 0.230 e. The molecule has 1 heterocycles. The molecular formula is C13H15N3O2S2. The van der Waals surface area contributed by atoms with Gasteiger partial charge in [0.2, 0.25) is 5.91 Å². The predicted octanol–water partition coefficient (Wildman–Crippen LogP) is 2.24. The number of thiazole rings is 1. The Labute approximate surface area is 125 Å². The minimum Gasteiger partial charge on any atom is -0.497 e. The average molecular weight is 309 g/mol. The third-order valence-electron chi connectivity index (χ3n) is 2.60. The fourth-order valence-electron chi connectivity index (χ4n) is 1.53. The van der Waals surface area contributed by atoms with Crippen molar-refractivity contribution in [3.05, 3.63) is 24.3 Å². The maximum Gasteiger partial charge on any atom is 0.230 e. The summed E-state index contributed by atoms with van der Waals surface area (Å²) >= 11 is 2.77. The summed E-state index contributed by atoms with van der Waals surface area (Å²) in [6, 6.07) is 7.56. The Kier molecular flexibility index (Phi) is 4.86. The number of amides is 1. The molecule has 1 amide bonds. The van der Waals surface area contributed by atoms with Gasteiger partial charge in [-0.25, -0.2) is 4.98 Å². The Bertz CT molecular complexity index is 596. The van der Waals surface area contributed by atoms with E-state index in [1.54, 1.807) is 14.2 Å². The zero-order valence-corrected chi connectivity index (χ0v) is 12.8. The summed E-state index contributed by atoms with van der Waals surface area (Å²) in [5, 5.41) is 3.22. The summed E-state index contributed by atoms with van der Waals surface area (Å²) in [6.45, 7) is 0. The van der Waals surface area contributed by atoms with E-state index in [0.717, 1.165) is 21.3 Å². The van der Waals surface area contributed by atoms with Crippen molar-refractivity contribution in [2.75, 3.05) is 25.6 Å². The van der Waals surface area contributed by atoms with Crippen LogP contribution in [0.3, 0.4) is 0 Å². The van der Waals surface area contributed by atoms with Crippen LogP contribution in [0.5, 0.6) is 5.75 Å². The quantitative estimate of drug-likeness (QED) is 0.828. The molecule has 7 heteroatoms. The summed E-state index contributed by atoms with van der Waals surface area (Å²) in [4.78, 5) is 15.7. The molecular weight excluding hydrogens is 294 g/mol. The van der Waals surface area contributed by atoms with Crippen LogP contribution in [0.2, 0.25) is 0 Å². The number of hydrogen-bond donors (Lipinski definition) is 2. The van der Waals surface area contributed by atoms with Gasteiger partial charge >= 0.3 is 0 Å². The topological polar surface area (TPSA) is 77.2 Å². The number of aromatic nitrogens is 1. The SMILES string of the molecule is CNC(=O)CSc1nc(-c2ccc(OC)cc2)c(N)s1. The third-order valence-corrected chi connectivity index (χ3v) is 4.63. The first-order chi connectivity index (χ1) is 9.63. The van der Waals surface area contributed by atoms with Crippen molar-refractivity contribution < 1.29 is 9.53 Å². The van der Waals surface area contributed by atoms with Crippen molar-refractivity contribution in [1.82, 2.24) is 10.3 Å². The van der Waals surface area contributed by atoms with Crippen LogP contribution in [-0.2, 0) is 4.79 Å². The van der Waals surface area contributed by atoms with E-state index in [1.807, 2.05) is 24.3 Å². The van der Waals surface area contributed by atoms with Crippen molar-refractivity contribution in [1.29, 1.82) is 0 Å². The van der Waals surface area contributed by atoms with Gasteiger partial charge < -0.3 is 15.8 Å². The molecule has 0 radical (unpaired) electrons. The molecule has 2 rings (SSSR count). The summed E-state index contributed by atoms with van der Waals surface area (Å²) < 4.78 is 5.91. The van der Waals surface area contributed by atoms with E-state index in [0.29, 0.717) is 10.8 Å². The van der Waals surface area contributed by atoms with Crippen LogP contribution < -0.4 is 15.8 Å². The molecule has 0 fully saturated rings. The number of nitrogen functional groups attached to an aromatic ring is 1. The van der Waals surface area contributed by atoms with Gasteiger partial charge in [-0.2, -0.15) is 0 Å². The molecule has 20 heavy (non-hydrogen) atoms. The third kappa shape index (κ3) is 3.43. The van der Waals surface area contributed by atoms with Crippen molar-refractivity contribution >= 4 is 34.0 Å². The van der Waals surface area contributed by atoms with Crippen LogP contribution in [0.15, 0.2) is 28.6 Å². The fourth-order valence-corrected chi connectivity index (χ4v) is 3.35. The molecule has 1 aromatic heterocycles. The Morgan fingerprint density at radius 2 is 2.15 bits per heavy atom. The molecule has 0 saturated heterocycles. The first-order valence-corrected chi connectivity index (χ1v) is 7.68. The monoisotopic (exact) mass is 309 g/mol. The van der Waals surface area contributed by atoms with E-state index in [1.165, 1.54) is 23.1 Å². The lowest BCUT2D eigenvalue weighted by molar-refractivity contribution is -0.118. The molecule has 0 aliphatic rings. The Hall–Kier alpha value is -1.73. The lowest BCUT2D eigenvalue weighted by atomic mass is 10.1. The number of anilines is 1. The molecule has 0 saturated carbocycles. The molecule has 2 aromatic rings. The summed E-state index contributed by atoms with van der Waals surface area (Å²) in [6.07, 6.45) is 0. The Morgan fingerprint density at radius 1 is 1.45 bits per heavy atom. The Morgan fingerprint density at radius 3 is 2.75 bits per heavy atom. The standard InChI is InChI=1S/C13H15N3O2S2/c1-15-10(17)7-19-13-16-11(12(14)20-13)8-3-5-9(18-2)6-4-8/h3-6H,7,14H2,1-2H3,(H,15,17). The number of ether oxygens (including phenoxy) is 1. The summed E-state index contributed by atoms with van der Waals surface area (Å²) in [7, 11) is 3.24. The zero-order chi connectivity index (χ0) is 14.5. The number of methoxy groups -OCH3 is 1. The van der Waals surface area contributed by atoms with Gasteiger partial charge in [0.1, 0.15) is 16.4 Å². The zero-order valence-electron chi connectivity index (χ0n) is 11.2. The van der Waals surface area contributed by atoms with Crippen LogP contribution in [0.4, 0.5) is 5.00 Å². The highest BCUT2D eigenvalue weighted by molar-refractivity contribution is 8.01. The molecule has 0 spiro atoms. The number of nitrogens with zero attached hydrogens (tertiary/aromatic N) is 1. The van der Waals surface area contributed by atoms with Gasteiger partial charge in [0, 0.05) is 12.6 Å². The van der Waals surface area contributed by atoms with Gasteiger partial charge in [0.25, 0.3) is 0 Å². The van der Waals surface area contributed by atoms with Crippen LogP contribution in [0.1, 0.15) is 0 Å². The molecule has 1 aromatic carbocycles. The summed E-state index contributed by atoms with van der Waals surface area (Å²) in [5.74, 6) is 1.09. The number of nitrogens with one attached hydrogen (secondary N) is 1. The molecule has 0 aliphatic carbocycles. The van der Waals surface area contributed by atoms with Crippen molar-refractivity contribution in [3.8, 4) is 17.0 Å².